The van der Waals surface area contributed by atoms with Crippen LogP contribution in [0.15, 0.2) is 59.4 Å². The minimum atomic E-state index is -0.441. The summed E-state index contributed by atoms with van der Waals surface area (Å²) in [5.74, 6) is -0.0823. The molecule has 2 heterocycles. The van der Waals surface area contributed by atoms with Gasteiger partial charge in [-0.05, 0) is 19.1 Å². The summed E-state index contributed by atoms with van der Waals surface area (Å²) in [5.41, 5.74) is 2.04. The van der Waals surface area contributed by atoms with Gasteiger partial charge in [0.1, 0.15) is 6.54 Å². The fourth-order valence-electron chi connectivity index (χ4n) is 2.96. The maximum atomic E-state index is 12.6. The normalized spacial score (nSPS) is 11.1. The van der Waals surface area contributed by atoms with E-state index in [1.807, 2.05) is 54.6 Å². The monoisotopic (exact) mass is 348 g/mol. The van der Waals surface area contributed by atoms with Gasteiger partial charge in [0.15, 0.2) is 5.69 Å². The summed E-state index contributed by atoms with van der Waals surface area (Å²) in [7, 11) is 0. The number of rotatable bonds is 4. The Balaban J connectivity index is 1.99. The first-order valence-corrected chi connectivity index (χ1v) is 8.28. The summed E-state index contributed by atoms with van der Waals surface area (Å²) in [6.45, 7) is 2.00. The number of para-hydroxylation sites is 2. The summed E-state index contributed by atoms with van der Waals surface area (Å²) >= 11 is 0. The molecule has 0 aliphatic carbocycles. The van der Waals surface area contributed by atoms with Crippen LogP contribution in [0.3, 0.4) is 0 Å². The number of fused-ring (bicyclic) bond motifs is 3. The maximum Gasteiger partial charge on any atom is 0.326 e. The Hall–Kier alpha value is -3.48. The first-order chi connectivity index (χ1) is 12.7. The number of esters is 1. The molecule has 2 aromatic carbocycles. The number of aromatic nitrogens is 4. The lowest BCUT2D eigenvalue weighted by Crippen LogP contribution is -2.19. The average Bonchev–Trinajstić information content (AvgIpc) is 2.95. The number of carbonyl (C=O) groups is 1. The van der Waals surface area contributed by atoms with E-state index < -0.39 is 11.5 Å². The number of carbonyl (C=O) groups excluding carboxylic acids is 1. The summed E-state index contributed by atoms with van der Waals surface area (Å²) in [6.07, 6.45) is 0. The predicted octanol–water partition coefficient (Wildman–Crippen LogP) is 2.27. The third-order valence-corrected chi connectivity index (χ3v) is 4.08. The van der Waals surface area contributed by atoms with Crippen molar-refractivity contribution in [1.82, 2.24) is 19.2 Å². The lowest BCUT2D eigenvalue weighted by Gasteiger charge is -2.05. The second-order valence-electron chi connectivity index (χ2n) is 5.72. The van der Waals surface area contributed by atoms with E-state index in [1.165, 1.54) is 0 Å². The Bertz CT molecular complexity index is 1160. The first-order valence-electron chi connectivity index (χ1n) is 8.28. The Morgan fingerprint density at radius 3 is 2.46 bits per heavy atom. The fourth-order valence-corrected chi connectivity index (χ4v) is 2.96. The van der Waals surface area contributed by atoms with Crippen molar-refractivity contribution < 1.29 is 9.53 Å². The second-order valence-corrected chi connectivity index (χ2v) is 5.72. The van der Waals surface area contributed by atoms with Crippen LogP contribution in [0.5, 0.6) is 0 Å². The van der Waals surface area contributed by atoms with Crippen LogP contribution in [-0.2, 0) is 16.1 Å². The average molecular weight is 348 g/mol. The van der Waals surface area contributed by atoms with Crippen molar-refractivity contribution in [3.63, 3.8) is 0 Å². The fraction of sp³-hybridized carbons (Fsp3) is 0.158. The van der Waals surface area contributed by atoms with Gasteiger partial charge in [-0.15, -0.1) is 0 Å². The minimum absolute atomic E-state index is 0.0380. The first kappa shape index (κ1) is 16.0. The molecular weight excluding hydrogens is 332 g/mol. The highest BCUT2D eigenvalue weighted by Gasteiger charge is 2.18. The Morgan fingerprint density at radius 1 is 1.04 bits per heavy atom. The van der Waals surface area contributed by atoms with Gasteiger partial charge in [0, 0.05) is 5.56 Å². The molecule has 4 aromatic rings. The van der Waals surface area contributed by atoms with Gasteiger partial charge in [0.2, 0.25) is 5.78 Å². The van der Waals surface area contributed by atoms with Crippen molar-refractivity contribution in [3.05, 3.63) is 65.0 Å². The van der Waals surface area contributed by atoms with Gasteiger partial charge >= 0.3 is 11.5 Å². The molecule has 0 radical (unpaired) electrons. The molecule has 2 aromatic heterocycles. The zero-order valence-electron chi connectivity index (χ0n) is 14.1. The van der Waals surface area contributed by atoms with E-state index in [4.69, 9.17) is 4.74 Å². The van der Waals surface area contributed by atoms with Crippen molar-refractivity contribution in [2.45, 2.75) is 13.5 Å². The summed E-state index contributed by atoms with van der Waals surface area (Å²) in [4.78, 5) is 28.8. The molecule has 0 unspecified atom stereocenters. The number of nitrogens with zero attached hydrogens (tertiary/aromatic N) is 4. The molecule has 0 saturated carbocycles. The Kier molecular flexibility index (Phi) is 3.96. The third kappa shape index (κ3) is 2.63. The van der Waals surface area contributed by atoms with E-state index in [9.17, 15) is 9.59 Å². The molecule has 7 heteroatoms. The molecule has 4 rings (SSSR count). The van der Waals surface area contributed by atoms with E-state index in [0.717, 1.165) is 11.0 Å². The van der Waals surface area contributed by atoms with Crippen molar-refractivity contribution in [1.29, 1.82) is 0 Å². The van der Waals surface area contributed by atoms with Crippen LogP contribution < -0.4 is 5.56 Å². The van der Waals surface area contributed by atoms with E-state index in [0.29, 0.717) is 17.9 Å². The highest BCUT2D eigenvalue weighted by atomic mass is 16.5. The van der Waals surface area contributed by atoms with Gasteiger partial charge in [-0.3, -0.25) is 14.2 Å². The molecule has 26 heavy (non-hydrogen) atoms. The highest BCUT2D eigenvalue weighted by Crippen LogP contribution is 2.20. The standard InChI is InChI=1S/C19H16N4O3/c1-2-26-16(24)12-22-14-10-6-7-11-15(14)23-19(22)20-18(25)17(21-23)13-8-4-3-5-9-13/h3-11H,2,12H2,1H3. The molecular formula is C19H16N4O3. The predicted molar refractivity (Wildman–Crippen MR) is 96.8 cm³/mol. The van der Waals surface area contributed by atoms with E-state index in [2.05, 4.69) is 10.1 Å². The lowest BCUT2D eigenvalue weighted by atomic mass is 10.2. The number of hydrogen-bond donors (Lipinski definition) is 0. The molecule has 0 N–H and O–H groups in total. The van der Waals surface area contributed by atoms with Crippen LogP contribution in [0, 0.1) is 0 Å². The van der Waals surface area contributed by atoms with Crippen LogP contribution in [0.25, 0.3) is 28.1 Å². The van der Waals surface area contributed by atoms with Crippen molar-refractivity contribution in [2.24, 2.45) is 0 Å². The molecule has 0 spiro atoms. The number of hydrogen-bond acceptors (Lipinski definition) is 5. The molecule has 0 saturated heterocycles. The van der Waals surface area contributed by atoms with Crippen molar-refractivity contribution >= 4 is 22.8 Å². The second kappa shape index (κ2) is 6.44. The zero-order valence-corrected chi connectivity index (χ0v) is 14.1. The molecule has 0 bridgehead atoms. The van der Waals surface area contributed by atoms with Gasteiger partial charge in [-0.1, -0.05) is 42.5 Å². The van der Waals surface area contributed by atoms with Gasteiger partial charge in [-0.25, -0.2) is 0 Å². The molecule has 0 atom stereocenters. The number of benzene rings is 2. The van der Waals surface area contributed by atoms with Gasteiger partial charge in [0.25, 0.3) is 0 Å². The zero-order chi connectivity index (χ0) is 18.1. The van der Waals surface area contributed by atoms with Gasteiger partial charge < -0.3 is 4.74 Å². The summed E-state index contributed by atoms with van der Waals surface area (Å²) < 4.78 is 8.29. The smallest absolute Gasteiger partial charge is 0.326 e. The van der Waals surface area contributed by atoms with Gasteiger partial charge in [-0.2, -0.15) is 14.6 Å². The van der Waals surface area contributed by atoms with Crippen LogP contribution >= 0.6 is 0 Å². The maximum absolute atomic E-state index is 12.6. The van der Waals surface area contributed by atoms with Crippen LogP contribution in [-0.4, -0.2) is 31.7 Å². The molecule has 0 fully saturated rings. The van der Waals surface area contributed by atoms with E-state index >= 15 is 0 Å². The summed E-state index contributed by atoms with van der Waals surface area (Å²) in [5, 5.41) is 4.52. The van der Waals surface area contributed by atoms with E-state index in [-0.39, 0.29) is 12.2 Å². The van der Waals surface area contributed by atoms with Crippen molar-refractivity contribution in [3.8, 4) is 11.3 Å². The highest BCUT2D eigenvalue weighted by molar-refractivity contribution is 5.83. The Labute approximate surface area is 148 Å². The van der Waals surface area contributed by atoms with E-state index in [1.54, 1.807) is 16.0 Å². The SMILES string of the molecule is CCOC(=O)Cn1c2ccccc2n2nc(-c3ccccc3)c(=O)nc12. The summed E-state index contributed by atoms with van der Waals surface area (Å²) in [6, 6.07) is 16.7. The van der Waals surface area contributed by atoms with Crippen LogP contribution in [0.4, 0.5) is 0 Å². The topological polar surface area (TPSA) is 78.5 Å². The third-order valence-electron chi connectivity index (χ3n) is 4.08. The van der Waals surface area contributed by atoms with Gasteiger partial charge in [0.05, 0.1) is 17.6 Å². The molecule has 130 valence electrons. The van der Waals surface area contributed by atoms with Crippen molar-refractivity contribution in [2.75, 3.05) is 6.61 Å². The molecule has 0 amide bonds. The number of ether oxygens (including phenoxy) is 1. The quantitative estimate of drug-likeness (QED) is 0.529. The molecule has 0 aliphatic heterocycles. The van der Waals surface area contributed by atoms with Crippen LogP contribution in [0.1, 0.15) is 6.92 Å². The Morgan fingerprint density at radius 2 is 1.73 bits per heavy atom. The molecule has 7 nitrogen and oxygen atoms in total. The number of imidazole rings is 1. The molecule has 0 aliphatic rings. The lowest BCUT2D eigenvalue weighted by molar-refractivity contribution is -0.143. The van der Waals surface area contributed by atoms with Crippen LogP contribution in [0.2, 0.25) is 0 Å². The largest absolute Gasteiger partial charge is 0.465 e. The minimum Gasteiger partial charge on any atom is -0.465 e.